The number of nitrogens with zero attached hydrogens (tertiary/aromatic N) is 2. The van der Waals surface area contributed by atoms with Crippen molar-refractivity contribution >= 4 is 11.8 Å². The number of rotatable bonds is 2. The van der Waals surface area contributed by atoms with E-state index in [0.29, 0.717) is 36.0 Å². The molecule has 0 saturated heterocycles. The number of hydrogen-bond acceptors (Lipinski definition) is 3. The van der Waals surface area contributed by atoms with E-state index in [4.69, 9.17) is 5.10 Å². The van der Waals surface area contributed by atoms with E-state index in [1.165, 1.54) is 18.4 Å². The van der Waals surface area contributed by atoms with Crippen LogP contribution in [0.25, 0.3) is 0 Å². The van der Waals surface area contributed by atoms with Crippen molar-refractivity contribution in [3.05, 3.63) is 29.6 Å². The van der Waals surface area contributed by atoms with Crippen LogP contribution in [-0.2, 0) is 9.59 Å². The van der Waals surface area contributed by atoms with E-state index in [9.17, 15) is 14.7 Å². The molecule has 4 saturated carbocycles. The minimum atomic E-state index is -0.655. The number of allylic oxidation sites excluding steroid dienone is 2. The molecule has 196 valence electrons. The van der Waals surface area contributed by atoms with E-state index < -0.39 is 5.97 Å². The Balaban J connectivity index is 1.35. The molecule has 1 heterocycles. The number of aromatic nitrogens is 2. The van der Waals surface area contributed by atoms with Gasteiger partial charge >= 0.3 is 5.97 Å². The molecule has 5 aliphatic rings. The van der Waals surface area contributed by atoms with Gasteiger partial charge in [0.1, 0.15) is 0 Å². The van der Waals surface area contributed by atoms with Crippen molar-refractivity contribution in [2.45, 2.75) is 98.4 Å². The highest BCUT2D eigenvalue weighted by atomic mass is 16.4. The van der Waals surface area contributed by atoms with Crippen LogP contribution in [0.3, 0.4) is 0 Å². The molecular weight excluding hydrogens is 448 g/mol. The van der Waals surface area contributed by atoms with Crippen LogP contribution in [0.2, 0.25) is 0 Å². The molecule has 10 atom stereocenters. The van der Waals surface area contributed by atoms with Gasteiger partial charge < -0.3 is 5.11 Å². The minimum absolute atomic E-state index is 0.0150. The number of carbonyl (C=O) groups is 2. The topological polar surface area (TPSA) is 72.2 Å². The van der Waals surface area contributed by atoms with Crippen molar-refractivity contribution in [1.29, 1.82) is 0 Å². The zero-order valence-corrected chi connectivity index (χ0v) is 22.8. The number of hydrogen-bond donors (Lipinski definition) is 1. The summed E-state index contributed by atoms with van der Waals surface area (Å²) in [6, 6.07) is 2.52. The summed E-state index contributed by atoms with van der Waals surface area (Å²) in [5.74, 6) is 1.19. The predicted molar refractivity (Wildman–Crippen MR) is 139 cm³/mol. The van der Waals surface area contributed by atoms with Crippen molar-refractivity contribution in [1.82, 2.24) is 9.78 Å². The summed E-state index contributed by atoms with van der Waals surface area (Å²) in [7, 11) is 0. The van der Waals surface area contributed by atoms with E-state index in [1.807, 2.05) is 0 Å². The van der Waals surface area contributed by atoms with Crippen LogP contribution in [0.15, 0.2) is 23.9 Å². The van der Waals surface area contributed by atoms with Crippen LogP contribution in [0.1, 0.15) is 97.2 Å². The number of carboxylic acid groups (broad SMARTS) is 1. The fraction of sp³-hybridized carbons (Fsp3) is 0.774. The van der Waals surface area contributed by atoms with Gasteiger partial charge in [-0.25, -0.2) is 0 Å². The van der Waals surface area contributed by atoms with Crippen molar-refractivity contribution < 1.29 is 14.7 Å². The molecule has 10 unspecified atom stereocenters. The van der Waals surface area contributed by atoms with Crippen LogP contribution in [0, 0.1) is 58.7 Å². The summed E-state index contributed by atoms with van der Waals surface area (Å²) in [5.41, 5.74) is 2.55. The van der Waals surface area contributed by atoms with Gasteiger partial charge in [-0.3, -0.25) is 14.3 Å². The molecule has 0 amide bonds. The van der Waals surface area contributed by atoms with Gasteiger partial charge in [-0.1, -0.05) is 33.3 Å². The average Bonchev–Trinajstić information content (AvgIpc) is 3.23. The zero-order chi connectivity index (χ0) is 25.6. The van der Waals surface area contributed by atoms with E-state index >= 15 is 0 Å². The largest absolute Gasteiger partial charge is 0.481 e. The maximum atomic E-state index is 14.2. The Labute approximate surface area is 216 Å². The normalized spacial score (nSPS) is 48.2. The minimum Gasteiger partial charge on any atom is -0.481 e. The first-order valence-electron chi connectivity index (χ1n) is 14.5. The second-order valence-electron chi connectivity index (χ2n) is 14.1. The molecule has 5 heteroatoms. The average molecular weight is 493 g/mol. The number of carbonyl (C=O) groups excluding carboxylic acids is 1. The molecule has 5 nitrogen and oxygen atoms in total. The van der Waals surface area contributed by atoms with Crippen molar-refractivity contribution in [2.75, 3.05) is 0 Å². The van der Waals surface area contributed by atoms with E-state index in [-0.39, 0.29) is 34.0 Å². The second kappa shape index (κ2) is 8.04. The second-order valence-corrected chi connectivity index (χ2v) is 14.1. The van der Waals surface area contributed by atoms with Gasteiger partial charge in [-0.15, -0.1) is 0 Å². The number of ketones is 1. The third-order valence-electron chi connectivity index (χ3n) is 12.4. The van der Waals surface area contributed by atoms with Crippen LogP contribution in [0.5, 0.6) is 0 Å². The maximum absolute atomic E-state index is 14.2. The van der Waals surface area contributed by atoms with Crippen molar-refractivity contribution in [3.8, 4) is 0 Å². The quantitative estimate of drug-likeness (QED) is 0.503. The molecule has 0 aliphatic heterocycles. The molecule has 1 aromatic heterocycles. The molecular formula is C31H44N2O3. The highest BCUT2D eigenvalue weighted by Gasteiger charge is 2.65. The Morgan fingerprint density at radius 3 is 2.44 bits per heavy atom. The summed E-state index contributed by atoms with van der Waals surface area (Å²) in [6.45, 7) is 11.7. The summed E-state index contributed by atoms with van der Waals surface area (Å²) in [6.07, 6.45) is 13.4. The fourth-order valence-corrected chi connectivity index (χ4v) is 10.6. The third-order valence-corrected chi connectivity index (χ3v) is 12.4. The molecule has 0 radical (unpaired) electrons. The molecule has 4 fully saturated rings. The summed E-state index contributed by atoms with van der Waals surface area (Å²) in [5, 5.41) is 14.6. The molecule has 1 aromatic rings. The lowest BCUT2D eigenvalue weighted by atomic mass is 9.38. The molecule has 0 bridgehead atoms. The number of carboxylic acids is 1. The Morgan fingerprint density at radius 2 is 1.75 bits per heavy atom. The number of aliphatic carboxylic acids is 1. The lowest BCUT2D eigenvalue weighted by Crippen LogP contribution is -2.61. The SMILES string of the molecule is Cc1ccn(C2CCC3(C)C(CCC4(C)C5CCC6(C)CCC(C(=O)O)CC6C5=CC(=O)C43)C2C)n1. The number of aryl methyl sites for hydroxylation is 1. The predicted octanol–water partition coefficient (Wildman–Crippen LogP) is 6.63. The highest BCUT2D eigenvalue weighted by Crippen LogP contribution is 2.70. The molecule has 6 rings (SSSR count). The Morgan fingerprint density at radius 1 is 1.03 bits per heavy atom. The van der Waals surface area contributed by atoms with Gasteiger partial charge in [0.05, 0.1) is 17.7 Å². The van der Waals surface area contributed by atoms with E-state index in [1.54, 1.807) is 0 Å². The van der Waals surface area contributed by atoms with E-state index in [2.05, 4.69) is 57.6 Å². The van der Waals surface area contributed by atoms with Gasteiger partial charge in [-0.05, 0) is 117 Å². The lowest BCUT2D eigenvalue weighted by molar-refractivity contribution is -0.163. The van der Waals surface area contributed by atoms with Gasteiger partial charge in [-0.2, -0.15) is 5.10 Å². The van der Waals surface area contributed by atoms with Crippen LogP contribution < -0.4 is 0 Å². The van der Waals surface area contributed by atoms with Gasteiger partial charge in [0, 0.05) is 12.1 Å². The third kappa shape index (κ3) is 3.29. The maximum Gasteiger partial charge on any atom is 0.306 e. The molecule has 36 heavy (non-hydrogen) atoms. The highest BCUT2D eigenvalue weighted by molar-refractivity contribution is 5.95. The smallest absolute Gasteiger partial charge is 0.306 e. The standard InChI is InChI=1S/C31H44N2O3/c1-18-10-15-33(32-18)25-9-14-30(4)22(19(25)2)8-13-31(5)23-7-12-29(3)11-6-20(28(35)36)16-24(29)21(23)17-26(34)27(30)31/h10,15,17,19-20,22-25,27H,6-9,11-14,16H2,1-5H3,(H,35,36). The molecule has 0 spiro atoms. The van der Waals surface area contributed by atoms with Gasteiger partial charge in [0.2, 0.25) is 0 Å². The first-order chi connectivity index (χ1) is 17.0. The Hall–Kier alpha value is -1.91. The number of fused-ring (bicyclic) bond motifs is 7. The van der Waals surface area contributed by atoms with Crippen molar-refractivity contribution in [3.63, 3.8) is 0 Å². The first kappa shape index (κ1) is 24.4. The Kier molecular flexibility index (Phi) is 5.46. The van der Waals surface area contributed by atoms with E-state index in [0.717, 1.165) is 44.2 Å². The lowest BCUT2D eigenvalue weighted by Gasteiger charge is -2.65. The Bertz CT molecular complexity index is 1120. The zero-order valence-electron chi connectivity index (χ0n) is 22.8. The summed E-state index contributed by atoms with van der Waals surface area (Å²) < 4.78 is 2.19. The fourth-order valence-electron chi connectivity index (χ4n) is 10.6. The molecule has 5 aliphatic carbocycles. The van der Waals surface area contributed by atoms with Crippen LogP contribution in [-0.4, -0.2) is 26.6 Å². The van der Waals surface area contributed by atoms with Crippen LogP contribution >= 0.6 is 0 Å². The summed E-state index contributed by atoms with van der Waals surface area (Å²) >= 11 is 0. The molecule has 0 aromatic carbocycles. The monoisotopic (exact) mass is 492 g/mol. The summed E-state index contributed by atoms with van der Waals surface area (Å²) in [4.78, 5) is 26.1. The molecule has 1 N–H and O–H groups in total. The van der Waals surface area contributed by atoms with Gasteiger partial charge in [0.25, 0.3) is 0 Å². The van der Waals surface area contributed by atoms with Gasteiger partial charge in [0.15, 0.2) is 5.78 Å². The van der Waals surface area contributed by atoms with Crippen LogP contribution in [0.4, 0.5) is 0 Å². The first-order valence-corrected chi connectivity index (χ1v) is 14.5. The van der Waals surface area contributed by atoms with Crippen molar-refractivity contribution in [2.24, 2.45) is 51.8 Å².